The average Bonchev–Trinajstić information content (AvgIpc) is 2.65. The molecule has 2 aromatic rings. The van der Waals surface area contributed by atoms with Gasteiger partial charge in [-0.3, -0.25) is 0 Å². The standard InChI is InChI=1S/C8H7BrN4O/c1-14-8-4-10-7(3-11-8)13-5-6(9)2-12-13/h2-5H,1H3. The molecule has 72 valence electrons. The molecule has 2 heterocycles. The van der Waals surface area contributed by atoms with Crippen molar-refractivity contribution < 1.29 is 4.74 Å². The lowest BCUT2D eigenvalue weighted by molar-refractivity contribution is 0.395. The first kappa shape index (κ1) is 9.14. The topological polar surface area (TPSA) is 52.8 Å². The van der Waals surface area contributed by atoms with Crippen LogP contribution in [0.3, 0.4) is 0 Å². The maximum Gasteiger partial charge on any atom is 0.232 e. The fraction of sp³-hybridized carbons (Fsp3) is 0.125. The Morgan fingerprint density at radius 1 is 1.29 bits per heavy atom. The summed E-state index contributed by atoms with van der Waals surface area (Å²) in [5, 5.41) is 4.07. The van der Waals surface area contributed by atoms with Crippen LogP contribution in [-0.2, 0) is 0 Å². The molecule has 2 aromatic heterocycles. The first-order chi connectivity index (χ1) is 6.79. The van der Waals surface area contributed by atoms with Crippen LogP contribution in [0.5, 0.6) is 5.88 Å². The lowest BCUT2D eigenvalue weighted by Crippen LogP contribution is -1.99. The molecule has 0 aromatic carbocycles. The molecule has 0 aliphatic carbocycles. The van der Waals surface area contributed by atoms with Gasteiger partial charge in [0.1, 0.15) is 0 Å². The van der Waals surface area contributed by atoms with Crippen molar-refractivity contribution >= 4 is 15.9 Å². The highest BCUT2D eigenvalue weighted by atomic mass is 79.9. The highest BCUT2D eigenvalue weighted by Crippen LogP contribution is 2.11. The van der Waals surface area contributed by atoms with Crippen LogP contribution in [-0.4, -0.2) is 26.9 Å². The third-order valence-corrected chi connectivity index (χ3v) is 2.02. The van der Waals surface area contributed by atoms with E-state index in [-0.39, 0.29) is 0 Å². The van der Waals surface area contributed by atoms with E-state index in [2.05, 4.69) is 31.0 Å². The zero-order chi connectivity index (χ0) is 9.97. The Kier molecular flexibility index (Phi) is 2.45. The number of hydrogen-bond donors (Lipinski definition) is 0. The minimum absolute atomic E-state index is 0.486. The molecule has 0 atom stereocenters. The van der Waals surface area contributed by atoms with Crippen molar-refractivity contribution in [1.29, 1.82) is 0 Å². The fourth-order valence-electron chi connectivity index (χ4n) is 0.959. The van der Waals surface area contributed by atoms with Gasteiger partial charge >= 0.3 is 0 Å². The number of nitrogens with zero attached hydrogens (tertiary/aromatic N) is 4. The number of ether oxygens (including phenoxy) is 1. The molecule has 0 saturated carbocycles. The minimum atomic E-state index is 0.486. The summed E-state index contributed by atoms with van der Waals surface area (Å²) in [4.78, 5) is 8.15. The predicted octanol–water partition coefficient (Wildman–Crippen LogP) is 1.43. The van der Waals surface area contributed by atoms with E-state index < -0.39 is 0 Å². The van der Waals surface area contributed by atoms with Crippen LogP contribution in [0.15, 0.2) is 29.3 Å². The molecule has 0 spiro atoms. The SMILES string of the molecule is COc1cnc(-n2cc(Br)cn2)cn1. The molecule has 0 N–H and O–H groups in total. The Morgan fingerprint density at radius 3 is 2.64 bits per heavy atom. The van der Waals surface area contributed by atoms with Crippen molar-refractivity contribution in [2.45, 2.75) is 0 Å². The molecule has 5 nitrogen and oxygen atoms in total. The number of rotatable bonds is 2. The maximum absolute atomic E-state index is 4.90. The number of hydrogen-bond acceptors (Lipinski definition) is 4. The Labute approximate surface area is 88.9 Å². The molecule has 0 saturated heterocycles. The van der Waals surface area contributed by atoms with Gasteiger partial charge in [0.25, 0.3) is 0 Å². The lowest BCUT2D eigenvalue weighted by atomic mass is 10.6. The van der Waals surface area contributed by atoms with Gasteiger partial charge in [0, 0.05) is 6.20 Å². The largest absolute Gasteiger partial charge is 0.480 e. The van der Waals surface area contributed by atoms with Crippen molar-refractivity contribution in [3.8, 4) is 11.7 Å². The fourth-order valence-corrected chi connectivity index (χ4v) is 1.24. The average molecular weight is 255 g/mol. The summed E-state index contributed by atoms with van der Waals surface area (Å²) in [6, 6.07) is 0. The monoisotopic (exact) mass is 254 g/mol. The molecule has 0 aliphatic rings. The Balaban J connectivity index is 2.33. The summed E-state index contributed by atoms with van der Waals surface area (Å²) in [6.45, 7) is 0. The second kappa shape index (κ2) is 3.75. The summed E-state index contributed by atoms with van der Waals surface area (Å²) < 4.78 is 7.42. The molecule has 0 radical (unpaired) electrons. The van der Waals surface area contributed by atoms with Crippen molar-refractivity contribution in [2.24, 2.45) is 0 Å². The smallest absolute Gasteiger partial charge is 0.232 e. The summed E-state index contributed by atoms with van der Waals surface area (Å²) in [7, 11) is 1.55. The van der Waals surface area contributed by atoms with Crippen LogP contribution >= 0.6 is 15.9 Å². The number of halogens is 1. The molecule has 0 amide bonds. The summed E-state index contributed by atoms with van der Waals surface area (Å²) in [5.41, 5.74) is 0. The molecule has 14 heavy (non-hydrogen) atoms. The maximum atomic E-state index is 4.90. The summed E-state index contributed by atoms with van der Waals surface area (Å²) in [6.07, 6.45) is 6.63. The van der Waals surface area contributed by atoms with E-state index in [0.29, 0.717) is 11.7 Å². The summed E-state index contributed by atoms with van der Waals surface area (Å²) >= 11 is 3.30. The summed E-state index contributed by atoms with van der Waals surface area (Å²) in [5.74, 6) is 1.14. The zero-order valence-corrected chi connectivity index (χ0v) is 8.97. The quantitative estimate of drug-likeness (QED) is 0.814. The molecular formula is C8H7BrN4O. The third-order valence-electron chi connectivity index (χ3n) is 1.61. The van der Waals surface area contributed by atoms with Gasteiger partial charge in [-0.15, -0.1) is 0 Å². The van der Waals surface area contributed by atoms with Crippen molar-refractivity contribution in [2.75, 3.05) is 7.11 Å². The van der Waals surface area contributed by atoms with Gasteiger partial charge in [0.05, 0.1) is 30.2 Å². The van der Waals surface area contributed by atoms with Crippen LogP contribution in [0.4, 0.5) is 0 Å². The first-order valence-corrected chi connectivity index (χ1v) is 4.65. The second-order valence-electron chi connectivity index (χ2n) is 2.52. The zero-order valence-electron chi connectivity index (χ0n) is 7.38. The van der Waals surface area contributed by atoms with Gasteiger partial charge in [-0.1, -0.05) is 0 Å². The van der Waals surface area contributed by atoms with Gasteiger partial charge in [0.2, 0.25) is 5.88 Å². The second-order valence-corrected chi connectivity index (χ2v) is 3.44. The van der Waals surface area contributed by atoms with Crippen LogP contribution in [0.1, 0.15) is 0 Å². The minimum Gasteiger partial charge on any atom is -0.480 e. The number of aromatic nitrogens is 4. The molecular weight excluding hydrogens is 248 g/mol. The predicted molar refractivity (Wildman–Crippen MR) is 53.4 cm³/mol. The van der Waals surface area contributed by atoms with E-state index in [1.54, 1.807) is 36.6 Å². The van der Waals surface area contributed by atoms with Crippen molar-refractivity contribution in [1.82, 2.24) is 19.7 Å². The van der Waals surface area contributed by atoms with Gasteiger partial charge in [-0.25, -0.2) is 14.6 Å². The van der Waals surface area contributed by atoms with Crippen molar-refractivity contribution in [3.63, 3.8) is 0 Å². The van der Waals surface area contributed by atoms with Crippen LogP contribution in [0.25, 0.3) is 5.82 Å². The van der Waals surface area contributed by atoms with Gasteiger partial charge in [-0.2, -0.15) is 5.10 Å². The van der Waals surface area contributed by atoms with Crippen LogP contribution in [0.2, 0.25) is 0 Å². The third kappa shape index (κ3) is 1.74. The van der Waals surface area contributed by atoms with E-state index in [1.807, 2.05) is 0 Å². The Bertz CT molecular complexity index is 425. The molecule has 0 fully saturated rings. The molecule has 0 bridgehead atoms. The lowest BCUT2D eigenvalue weighted by Gasteiger charge is -2.00. The molecule has 2 rings (SSSR count). The van der Waals surface area contributed by atoms with Gasteiger partial charge in [0.15, 0.2) is 5.82 Å². The molecule has 6 heteroatoms. The van der Waals surface area contributed by atoms with Crippen molar-refractivity contribution in [3.05, 3.63) is 29.3 Å². The van der Waals surface area contributed by atoms with E-state index >= 15 is 0 Å². The first-order valence-electron chi connectivity index (χ1n) is 3.86. The van der Waals surface area contributed by atoms with Gasteiger partial charge in [-0.05, 0) is 15.9 Å². The van der Waals surface area contributed by atoms with Crippen LogP contribution in [0, 0.1) is 0 Å². The van der Waals surface area contributed by atoms with E-state index in [0.717, 1.165) is 4.47 Å². The van der Waals surface area contributed by atoms with Gasteiger partial charge < -0.3 is 4.74 Å². The molecule has 0 unspecified atom stereocenters. The number of methoxy groups -OCH3 is 1. The highest BCUT2D eigenvalue weighted by molar-refractivity contribution is 9.10. The van der Waals surface area contributed by atoms with E-state index in [4.69, 9.17) is 4.74 Å². The highest BCUT2D eigenvalue weighted by Gasteiger charge is 2.01. The molecule has 0 aliphatic heterocycles. The van der Waals surface area contributed by atoms with E-state index in [9.17, 15) is 0 Å². The Hall–Kier alpha value is -1.43. The van der Waals surface area contributed by atoms with Crippen LogP contribution < -0.4 is 4.74 Å². The van der Waals surface area contributed by atoms with E-state index in [1.165, 1.54) is 0 Å². The normalized spacial score (nSPS) is 10.1. The Morgan fingerprint density at radius 2 is 2.14 bits per heavy atom.